The number of nitrogens with zero attached hydrogens (tertiary/aromatic N) is 6. The van der Waals surface area contributed by atoms with Gasteiger partial charge >= 0.3 is 0 Å². The maximum Gasteiger partial charge on any atom is 0.210 e. The molecule has 3 aliphatic heterocycles. The van der Waals surface area contributed by atoms with Crippen LogP contribution in [-0.4, -0.2) is 68.6 Å². The Balaban J connectivity index is 1.31. The molecule has 50 heavy (non-hydrogen) atoms. The average Bonchev–Trinajstić information content (AvgIpc) is 3.60. The van der Waals surface area contributed by atoms with Crippen LogP contribution in [0.5, 0.6) is 5.75 Å². The normalized spacial score (nSPS) is 21.9. The largest absolute Gasteiger partial charge is 0.486 e. The minimum atomic E-state index is -0.278. The van der Waals surface area contributed by atoms with Crippen LogP contribution in [0.4, 0.5) is 10.2 Å². The van der Waals surface area contributed by atoms with Gasteiger partial charge in [0, 0.05) is 47.7 Å². The van der Waals surface area contributed by atoms with Crippen LogP contribution in [0.15, 0.2) is 53.8 Å². The number of carbonyl (C=O) groups excluding carboxylic acids is 1. The van der Waals surface area contributed by atoms with Crippen LogP contribution < -0.4 is 9.64 Å². The summed E-state index contributed by atoms with van der Waals surface area (Å²) < 4.78 is 31.2. The summed E-state index contributed by atoms with van der Waals surface area (Å²) in [6.45, 7) is 6.40. The van der Waals surface area contributed by atoms with Crippen LogP contribution >= 0.6 is 11.8 Å². The number of anilines is 1. The zero-order chi connectivity index (χ0) is 33.9. The number of aromatic nitrogens is 4. The van der Waals surface area contributed by atoms with Gasteiger partial charge < -0.3 is 19.3 Å². The van der Waals surface area contributed by atoms with E-state index in [1.165, 1.54) is 0 Å². The summed E-state index contributed by atoms with van der Waals surface area (Å²) in [6, 6.07) is 14.4. The Kier molecular flexibility index (Phi) is 8.15. The van der Waals surface area contributed by atoms with E-state index in [2.05, 4.69) is 30.0 Å². The lowest BCUT2D eigenvalue weighted by Gasteiger charge is -2.34. The minimum absolute atomic E-state index is 0.175. The highest BCUT2D eigenvalue weighted by Crippen LogP contribution is 2.54. The van der Waals surface area contributed by atoms with Gasteiger partial charge in [-0.05, 0) is 79.9 Å². The van der Waals surface area contributed by atoms with Gasteiger partial charge in [-0.25, -0.2) is 19.0 Å². The maximum absolute atomic E-state index is 16.3. The van der Waals surface area contributed by atoms with Gasteiger partial charge in [0.2, 0.25) is 6.41 Å². The predicted octanol–water partition coefficient (Wildman–Crippen LogP) is 7.78. The number of ether oxygens (including phenoxy) is 2. The highest BCUT2D eigenvalue weighted by atomic mass is 32.2. The average molecular weight is 693 g/mol. The molecule has 11 heteroatoms. The molecule has 1 aliphatic carbocycles. The summed E-state index contributed by atoms with van der Waals surface area (Å²) in [6.07, 6.45) is 8.58. The van der Waals surface area contributed by atoms with Crippen molar-refractivity contribution in [1.29, 1.82) is 0 Å². The van der Waals surface area contributed by atoms with Crippen molar-refractivity contribution in [2.45, 2.75) is 88.4 Å². The summed E-state index contributed by atoms with van der Waals surface area (Å²) in [5.41, 5.74) is 5.90. The molecular weight excluding hydrogens is 652 g/mol. The maximum atomic E-state index is 16.3. The number of benzene rings is 3. The molecule has 3 aromatic carbocycles. The summed E-state index contributed by atoms with van der Waals surface area (Å²) in [5, 5.41) is 7.33. The number of carbonyl (C=O) groups is 1. The van der Waals surface area contributed by atoms with Crippen LogP contribution in [0.3, 0.4) is 0 Å². The van der Waals surface area contributed by atoms with Crippen molar-refractivity contribution in [1.82, 2.24) is 24.6 Å². The molecule has 3 saturated heterocycles. The van der Waals surface area contributed by atoms with Crippen molar-refractivity contribution in [2.24, 2.45) is 0 Å². The summed E-state index contributed by atoms with van der Waals surface area (Å²) in [7, 11) is 0. The van der Waals surface area contributed by atoms with E-state index in [1.54, 1.807) is 17.8 Å². The first-order valence-corrected chi connectivity index (χ1v) is 18.9. The number of rotatable bonds is 10. The molecule has 0 radical (unpaired) electrons. The standard InChI is InChI=1S/C39H41FN6O3S/c1-3-50-39-42-36-29(38(43-39)45-20-26-15-27(45)19-44(26)22-47)16-28(25-12-13-25)35(37(36)49-21-24-9-5-4-6-10-24)34-23(2)31(40)17-32-30(34)18-41-46(32)33-11-7-8-14-48-33/h4-6,9-10,16-18,22,25-27,33H,3,7-8,11-15,19-21H2,1-2H3/t26-,27?,33?/m0/s1. The van der Waals surface area contributed by atoms with Crippen molar-refractivity contribution in [3.05, 3.63) is 71.2 Å². The molecule has 2 bridgehead atoms. The monoisotopic (exact) mass is 692 g/mol. The van der Waals surface area contributed by atoms with Crippen LogP contribution in [0.2, 0.25) is 0 Å². The molecule has 4 fully saturated rings. The van der Waals surface area contributed by atoms with Crippen LogP contribution in [0.1, 0.15) is 74.3 Å². The van der Waals surface area contributed by atoms with Crippen molar-refractivity contribution >= 4 is 45.8 Å². The molecule has 3 atom stereocenters. The third-order valence-corrected chi connectivity index (χ3v) is 11.7. The lowest BCUT2D eigenvalue weighted by molar-refractivity contribution is -0.119. The zero-order valence-corrected chi connectivity index (χ0v) is 29.3. The van der Waals surface area contributed by atoms with E-state index in [9.17, 15) is 4.79 Å². The van der Waals surface area contributed by atoms with Crippen molar-refractivity contribution < 1.29 is 18.7 Å². The number of amides is 1. The predicted molar refractivity (Wildman–Crippen MR) is 193 cm³/mol. The smallest absolute Gasteiger partial charge is 0.210 e. The van der Waals surface area contributed by atoms with Crippen molar-refractivity contribution in [3.8, 4) is 16.9 Å². The summed E-state index contributed by atoms with van der Waals surface area (Å²) in [5.74, 6) is 2.39. The molecule has 4 aliphatic rings. The molecule has 0 spiro atoms. The molecule has 1 saturated carbocycles. The molecule has 9 rings (SSSR count). The lowest BCUT2D eigenvalue weighted by atomic mass is 9.88. The fraction of sp³-hybridized carbons (Fsp3) is 0.436. The number of hydrogen-bond acceptors (Lipinski definition) is 8. The van der Waals surface area contributed by atoms with Crippen LogP contribution in [0, 0.1) is 12.7 Å². The lowest BCUT2D eigenvalue weighted by Crippen LogP contribution is -2.46. The third kappa shape index (κ3) is 5.40. The fourth-order valence-electron chi connectivity index (χ4n) is 8.29. The van der Waals surface area contributed by atoms with E-state index in [0.29, 0.717) is 42.1 Å². The Morgan fingerprint density at radius 3 is 2.62 bits per heavy atom. The Hall–Kier alpha value is -4.22. The van der Waals surface area contributed by atoms with Crippen LogP contribution in [0.25, 0.3) is 32.9 Å². The number of likely N-dealkylation sites (tertiary alicyclic amines) is 1. The second kappa shape index (κ2) is 12.8. The minimum Gasteiger partial charge on any atom is -0.486 e. The van der Waals surface area contributed by atoms with Gasteiger partial charge in [0.05, 0.1) is 23.8 Å². The Morgan fingerprint density at radius 2 is 1.90 bits per heavy atom. The van der Waals surface area contributed by atoms with Gasteiger partial charge in [0.1, 0.15) is 23.8 Å². The molecule has 258 valence electrons. The second-order valence-electron chi connectivity index (χ2n) is 14.1. The molecule has 2 unspecified atom stereocenters. The molecule has 5 aromatic rings. The number of hydrogen-bond donors (Lipinski definition) is 0. The number of thioether (sulfide) groups is 1. The first-order chi connectivity index (χ1) is 24.5. The van der Waals surface area contributed by atoms with E-state index in [-0.39, 0.29) is 24.1 Å². The zero-order valence-electron chi connectivity index (χ0n) is 28.5. The van der Waals surface area contributed by atoms with Crippen LogP contribution in [-0.2, 0) is 16.1 Å². The molecule has 2 aromatic heterocycles. The van der Waals surface area contributed by atoms with Crippen molar-refractivity contribution in [2.75, 3.05) is 30.3 Å². The highest BCUT2D eigenvalue weighted by Gasteiger charge is 2.44. The Bertz CT molecular complexity index is 2100. The summed E-state index contributed by atoms with van der Waals surface area (Å²) in [4.78, 5) is 26.5. The molecular formula is C39H41FN6O3S. The van der Waals surface area contributed by atoms with Gasteiger partial charge in [-0.3, -0.25) is 4.79 Å². The number of piperazine rings is 1. The van der Waals surface area contributed by atoms with Gasteiger partial charge in [0.25, 0.3) is 0 Å². The Labute approximate surface area is 295 Å². The topological polar surface area (TPSA) is 85.6 Å². The fourth-order valence-corrected chi connectivity index (χ4v) is 8.86. The van der Waals surface area contributed by atoms with Gasteiger partial charge in [-0.2, -0.15) is 5.10 Å². The van der Waals surface area contributed by atoms with Gasteiger partial charge in [-0.15, -0.1) is 0 Å². The quantitative estimate of drug-likeness (QED) is 0.0834. The number of fused-ring (bicyclic) bond motifs is 4. The Morgan fingerprint density at radius 1 is 1.04 bits per heavy atom. The second-order valence-corrected chi connectivity index (χ2v) is 15.3. The van der Waals surface area contributed by atoms with E-state index in [1.807, 2.05) is 40.9 Å². The third-order valence-electron chi connectivity index (χ3n) is 10.9. The molecule has 0 N–H and O–H groups in total. The summed E-state index contributed by atoms with van der Waals surface area (Å²) >= 11 is 1.60. The van der Waals surface area contributed by atoms with E-state index < -0.39 is 0 Å². The first kappa shape index (κ1) is 31.7. The number of halogens is 1. The highest BCUT2D eigenvalue weighted by molar-refractivity contribution is 7.99. The molecule has 1 amide bonds. The van der Waals surface area contributed by atoms with E-state index >= 15 is 4.39 Å². The molecule has 9 nitrogen and oxygen atoms in total. The first-order valence-electron chi connectivity index (χ1n) is 18.0. The molecule has 5 heterocycles. The van der Waals surface area contributed by atoms with Crippen molar-refractivity contribution in [3.63, 3.8) is 0 Å². The SMILES string of the molecule is CCSc1nc(N2C[C@@H]3CC2CN3C=O)c2cc(C3CC3)c(-c3c(C)c(F)cc4c3cnn4C3CCCCO3)c(OCc3ccccc3)c2n1. The van der Waals surface area contributed by atoms with Gasteiger partial charge in [0.15, 0.2) is 17.1 Å². The van der Waals surface area contributed by atoms with E-state index in [4.69, 9.17) is 24.5 Å². The van der Waals surface area contributed by atoms with E-state index in [0.717, 1.165) is 107 Å². The van der Waals surface area contributed by atoms with Gasteiger partial charge in [-0.1, -0.05) is 49.0 Å².